The molecule has 6 nitrogen and oxygen atoms in total. The molecular weight excluding hydrogens is 332 g/mol. The van der Waals surface area contributed by atoms with E-state index < -0.39 is 5.97 Å². The number of benzene rings is 2. The number of aliphatic hydroxyl groups is 1. The van der Waals surface area contributed by atoms with Crippen LogP contribution in [0.25, 0.3) is 11.0 Å². The second-order valence-electron chi connectivity index (χ2n) is 6.26. The maximum atomic E-state index is 12.9. The number of aliphatic hydroxyl groups excluding tert-OH is 1. The first-order chi connectivity index (χ1) is 12.6. The lowest BCUT2D eigenvalue weighted by Gasteiger charge is -2.04. The van der Waals surface area contributed by atoms with Crippen molar-refractivity contribution < 1.29 is 15.0 Å². The van der Waals surface area contributed by atoms with E-state index >= 15 is 0 Å². The van der Waals surface area contributed by atoms with Crippen LogP contribution >= 0.6 is 0 Å². The molecule has 1 heterocycles. The average molecular weight is 354 g/mol. The lowest BCUT2D eigenvalue weighted by atomic mass is 10.1. The summed E-state index contributed by atoms with van der Waals surface area (Å²) in [6.45, 7) is 1.05. The van der Waals surface area contributed by atoms with Gasteiger partial charge in [-0.2, -0.15) is 0 Å². The smallest absolute Gasteiger partial charge is 0.335 e. The van der Waals surface area contributed by atoms with E-state index in [1.54, 1.807) is 21.3 Å². The Labute approximate surface area is 150 Å². The van der Waals surface area contributed by atoms with Gasteiger partial charge in [-0.1, -0.05) is 30.3 Å². The van der Waals surface area contributed by atoms with E-state index in [4.69, 9.17) is 5.11 Å². The van der Waals surface area contributed by atoms with Gasteiger partial charge in [0.1, 0.15) is 0 Å². The zero-order chi connectivity index (χ0) is 18.5. The number of fused-ring (bicyclic) bond motifs is 1. The number of aryl methyl sites for hydroxylation is 3. The molecule has 6 heteroatoms. The molecule has 26 heavy (non-hydrogen) atoms. The molecule has 3 rings (SSSR count). The van der Waals surface area contributed by atoms with E-state index in [1.165, 1.54) is 6.07 Å². The van der Waals surface area contributed by atoms with Crippen LogP contribution in [0.4, 0.5) is 0 Å². The van der Waals surface area contributed by atoms with Gasteiger partial charge < -0.3 is 10.2 Å². The molecule has 0 bridgehead atoms. The van der Waals surface area contributed by atoms with Crippen LogP contribution in [0.1, 0.15) is 28.8 Å². The minimum absolute atomic E-state index is 0.0712. The third-order valence-electron chi connectivity index (χ3n) is 4.52. The quantitative estimate of drug-likeness (QED) is 0.609. The number of hydrogen-bond donors (Lipinski definition) is 2. The topological polar surface area (TPSA) is 84.5 Å². The van der Waals surface area contributed by atoms with Crippen molar-refractivity contribution in [2.75, 3.05) is 6.61 Å². The second-order valence-corrected chi connectivity index (χ2v) is 6.26. The fourth-order valence-electron chi connectivity index (χ4n) is 3.15. The summed E-state index contributed by atoms with van der Waals surface area (Å²) in [6, 6.07) is 14.7. The fourth-order valence-corrected chi connectivity index (χ4v) is 3.15. The van der Waals surface area contributed by atoms with Crippen LogP contribution < -0.4 is 5.69 Å². The van der Waals surface area contributed by atoms with E-state index in [0.717, 1.165) is 17.5 Å². The number of carboxylic acids is 1. The monoisotopic (exact) mass is 354 g/mol. The first-order valence-electron chi connectivity index (χ1n) is 8.73. The van der Waals surface area contributed by atoms with Crippen molar-refractivity contribution in [2.45, 2.75) is 32.4 Å². The van der Waals surface area contributed by atoms with Crippen LogP contribution in [0.5, 0.6) is 0 Å². The number of nitrogens with zero attached hydrogens (tertiary/aromatic N) is 2. The molecule has 3 aromatic rings. The van der Waals surface area contributed by atoms with Crippen molar-refractivity contribution in [1.29, 1.82) is 0 Å². The molecule has 0 spiro atoms. The van der Waals surface area contributed by atoms with Gasteiger partial charge in [-0.25, -0.2) is 9.59 Å². The predicted octanol–water partition coefficient (Wildman–Crippen LogP) is 2.52. The zero-order valence-electron chi connectivity index (χ0n) is 14.5. The molecule has 0 aliphatic rings. The standard InChI is InChI=1S/C20H22N2O4/c23-13-5-4-11-21-18-14-16(19(24)25)8-9-17(18)22(20(21)26)12-10-15-6-2-1-3-7-15/h1-3,6-9,14,23H,4-5,10-13H2,(H,24,25). The number of hydrogen-bond acceptors (Lipinski definition) is 3. The molecule has 2 N–H and O–H groups in total. The van der Waals surface area contributed by atoms with E-state index in [9.17, 15) is 14.7 Å². The number of aromatic carboxylic acids is 1. The first-order valence-corrected chi connectivity index (χ1v) is 8.73. The highest BCUT2D eigenvalue weighted by atomic mass is 16.4. The predicted molar refractivity (Wildman–Crippen MR) is 99.6 cm³/mol. The number of imidazole rings is 1. The summed E-state index contributed by atoms with van der Waals surface area (Å²) in [4.78, 5) is 24.2. The molecule has 0 aliphatic carbocycles. The van der Waals surface area contributed by atoms with Gasteiger partial charge in [-0.05, 0) is 43.0 Å². The van der Waals surface area contributed by atoms with Crippen molar-refractivity contribution in [3.63, 3.8) is 0 Å². The molecule has 0 radical (unpaired) electrons. The van der Waals surface area contributed by atoms with Crippen LogP contribution in [0.15, 0.2) is 53.3 Å². The summed E-state index contributed by atoms with van der Waals surface area (Å²) >= 11 is 0. The molecule has 0 saturated heterocycles. The van der Waals surface area contributed by atoms with E-state index in [-0.39, 0.29) is 17.9 Å². The highest BCUT2D eigenvalue weighted by Gasteiger charge is 2.15. The van der Waals surface area contributed by atoms with Gasteiger partial charge in [0.05, 0.1) is 16.6 Å². The summed E-state index contributed by atoms with van der Waals surface area (Å²) in [5, 5.41) is 18.2. The Balaban J connectivity index is 2.00. The van der Waals surface area contributed by atoms with Gasteiger partial charge in [0, 0.05) is 19.7 Å². The van der Waals surface area contributed by atoms with Crippen LogP contribution in [0.2, 0.25) is 0 Å². The number of unbranched alkanes of at least 4 members (excludes halogenated alkanes) is 1. The van der Waals surface area contributed by atoms with Crippen LogP contribution in [-0.4, -0.2) is 31.9 Å². The zero-order valence-corrected chi connectivity index (χ0v) is 14.5. The number of rotatable bonds is 8. The Kier molecular flexibility index (Phi) is 5.53. The molecule has 2 aromatic carbocycles. The van der Waals surface area contributed by atoms with Gasteiger partial charge in [0.2, 0.25) is 0 Å². The summed E-state index contributed by atoms with van der Waals surface area (Å²) in [5.41, 5.74) is 2.52. The Morgan fingerprint density at radius 1 is 0.923 bits per heavy atom. The molecule has 0 aliphatic heterocycles. The van der Waals surface area contributed by atoms with Crippen molar-refractivity contribution in [3.8, 4) is 0 Å². The molecule has 1 aromatic heterocycles. The highest BCUT2D eigenvalue weighted by Crippen LogP contribution is 2.17. The minimum atomic E-state index is -1.02. The number of carboxylic acid groups (broad SMARTS) is 1. The molecule has 0 saturated carbocycles. The fraction of sp³-hybridized carbons (Fsp3) is 0.300. The third-order valence-corrected chi connectivity index (χ3v) is 4.52. The summed E-state index contributed by atoms with van der Waals surface area (Å²) < 4.78 is 3.31. The van der Waals surface area contributed by atoms with Gasteiger partial charge >= 0.3 is 11.7 Å². The largest absolute Gasteiger partial charge is 0.478 e. The normalized spacial score (nSPS) is 11.1. The highest BCUT2D eigenvalue weighted by molar-refractivity contribution is 5.92. The number of carbonyl (C=O) groups is 1. The SMILES string of the molecule is O=C(O)c1ccc2c(c1)n(CCCCO)c(=O)n2CCc1ccccc1. The maximum absolute atomic E-state index is 12.9. The van der Waals surface area contributed by atoms with Crippen LogP contribution in [0, 0.1) is 0 Å². The first kappa shape index (κ1) is 17.9. The second kappa shape index (κ2) is 8.01. The number of aromatic nitrogens is 2. The van der Waals surface area contributed by atoms with Gasteiger partial charge in [0.25, 0.3) is 0 Å². The molecule has 0 atom stereocenters. The van der Waals surface area contributed by atoms with Crippen LogP contribution in [-0.2, 0) is 19.5 Å². The summed E-state index contributed by atoms with van der Waals surface area (Å²) in [6.07, 6.45) is 1.98. The Bertz CT molecular complexity index is 957. The van der Waals surface area contributed by atoms with E-state index in [1.807, 2.05) is 30.3 Å². The summed E-state index contributed by atoms with van der Waals surface area (Å²) in [5.74, 6) is -1.02. The Hall–Kier alpha value is -2.86. The summed E-state index contributed by atoms with van der Waals surface area (Å²) in [7, 11) is 0. The van der Waals surface area contributed by atoms with Crippen molar-refractivity contribution in [2.24, 2.45) is 0 Å². The molecule has 0 amide bonds. The maximum Gasteiger partial charge on any atom is 0.335 e. The Morgan fingerprint density at radius 2 is 1.65 bits per heavy atom. The molecule has 0 unspecified atom stereocenters. The lowest BCUT2D eigenvalue weighted by molar-refractivity contribution is 0.0697. The molecular formula is C20H22N2O4. The third kappa shape index (κ3) is 3.70. The minimum Gasteiger partial charge on any atom is -0.478 e. The molecule has 0 fully saturated rings. The van der Waals surface area contributed by atoms with Gasteiger partial charge in [-0.3, -0.25) is 9.13 Å². The van der Waals surface area contributed by atoms with Crippen molar-refractivity contribution in [1.82, 2.24) is 9.13 Å². The lowest BCUT2D eigenvalue weighted by Crippen LogP contribution is -2.25. The Morgan fingerprint density at radius 3 is 2.35 bits per heavy atom. The van der Waals surface area contributed by atoms with E-state index in [2.05, 4.69) is 0 Å². The van der Waals surface area contributed by atoms with Crippen molar-refractivity contribution in [3.05, 3.63) is 70.1 Å². The molecule has 136 valence electrons. The van der Waals surface area contributed by atoms with Gasteiger partial charge in [-0.15, -0.1) is 0 Å². The van der Waals surface area contributed by atoms with Crippen molar-refractivity contribution >= 4 is 17.0 Å². The average Bonchev–Trinajstić information content (AvgIpc) is 2.92. The van der Waals surface area contributed by atoms with Gasteiger partial charge in [0.15, 0.2) is 0 Å². The van der Waals surface area contributed by atoms with Crippen LogP contribution in [0.3, 0.4) is 0 Å². The van der Waals surface area contributed by atoms with E-state index in [0.29, 0.717) is 31.4 Å².